The van der Waals surface area contributed by atoms with E-state index in [-0.39, 0.29) is 0 Å². The van der Waals surface area contributed by atoms with Crippen molar-refractivity contribution in [2.75, 3.05) is 7.11 Å². The first-order valence-electron chi connectivity index (χ1n) is 10.8. The number of methoxy groups -OCH3 is 1. The van der Waals surface area contributed by atoms with E-state index in [0.29, 0.717) is 6.61 Å². The normalized spacial score (nSPS) is 10.9. The molecule has 0 aliphatic heterocycles. The van der Waals surface area contributed by atoms with Crippen LogP contribution >= 0.6 is 0 Å². The highest BCUT2D eigenvalue weighted by molar-refractivity contribution is 5.70. The van der Waals surface area contributed by atoms with Gasteiger partial charge in [-0.2, -0.15) is 0 Å². The van der Waals surface area contributed by atoms with Crippen molar-refractivity contribution in [3.8, 4) is 22.8 Å². The van der Waals surface area contributed by atoms with Gasteiger partial charge >= 0.3 is 0 Å². The zero-order valence-electron chi connectivity index (χ0n) is 19.3. The number of hydrogen-bond donors (Lipinski definition) is 0. The van der Waals surface area contributed by atoms with E-state index in [1.54, 1.807) is 7.11 Å². The maximum Gasteiger partial charge on any atom is 0.129 e. The summed E-state index contributed by atoms with van der Waals surface area (Å²) in [4.78, 5) is 4.97. The van der Waals surface area contributed by atoms with Crippen LogP contribution < -0.4 is 9.47 Å². The second-order valence-corrected chi connectivity index (χ2v) is 7.90. The van der Waals surface area contributed by atoms with Crippen LogP contribution in [-0.4, -0.2) is 12.1 Å². The molecule has 0 amide bonds. The monoisotopic (exact) mass is 403 g/mol. The van der Waals surface area contributed by atoms with E-state index in [1.807, 2.05) is 6.92 Å². The molecule has 2 aromatic carbocycles. The number of benzene rings is 2. The van der Waals surface area contributed by atoms with Crippen molar-refractivity contribution >= 4 is 0 Å². The van der Waals surface area contributed by atoms with Crippen molar-refractivity contribution in [3.63, 3.8) is 0 Å². The Balaban J connectivity index is 1.98. The molecule has 0 saturated carbocycles. The summed E-state index contributed by atoms with van der Waals surface area (Å²) in [6, 6.07) is 12.8. The minimum Gasteiger partial charge on any atom is -0.496 e. The first kappa shape index (κ1) is 21.9. The second kappa shape index (κ2) is 9.34. The van der Waals surface area contributed by atoms with E-state index in [9.17, 15) is 0 Å². The molecule has 0 fully saturated rings. The van der Waals surface area contributed by atoms with Crippen LogP contribution in [0.5, 0.6) is 11.5 Å². The Morgan fingerprint density at radius 3 is 2.00 bits per heavy atom. The lowest BCUT2D eigenvalue weighted by atomic mass is 9.94. The van der Waals surface area contributed by atoms with Gasteiger partial charge in [-0.15, -0.1) is 0 Å². The molecule has 3 heteroatoms. The van der Waals surface area contributed by atoms with Gasteiger partial charge < -0.3 is 9.47 Å². The van der Waals surface area contributed by atoms with Gasteiger partial charge in [0.05, 0.1) is 18.4 Å². The van der Waals surface area contributed by atoms with Gasteiger partial charge in [0.1, 0.15) is 18.1 Å². The first-order chi connectivity index (χ1) is 14.4. The Labute approximate surface area is 181 Å². The molecule has 0 radical (unpaired) electrons. The lowest BCUT2D eigenvalue weighted by Crippen LogP contribution is -2.06. The van der Waals surface area contributed by atoms with Crippen molar-refractivity contribution in [3.05, 3.63) is 75.5 Å². The quantitative estimate of drug-likeness (QED) is 0.440. The number of aryl methyl sites for hydroxylation is 5. The molecule has 158 valence electrons. The van der Waals surface area contributed by atoms with Crippen molar-refractivity contribution in [2.24, 2.45) is 0 Å². The predicted octanol–water partition coefficient (Wildman–Crippen LogP) is 6.69. The zero-order chi connectivity index (χ0) is 21.8. The molecule has 0 spiro atoms. The smallest absolute Gasteiger partial charge is 0.129 e. The molecule has 3 aromatic rings. The summed E-state index contributed by atoms with van der Waals surface area (Å²) >= 11 is 0. The van der Waals surface area contributed by atoms with Gasteiger partial charge in [-0.05, 0) is 80.5 Å². The van der Waals surface area contributed by atoms with Crippen LogP contribution in [0.4, 0.5) is 0 Å². The SMILES string of the molecule is CCc1cccc(CC)c1-c1cc(OC)c(COc2cc(C)c(C)c(C)c2)c(C)n1. The lowest BCUT2D eigenvalue weighted by molar-refractivity contribution is 0.294. The van der Waals surface area contributed by atoms with Crippen LogP contribution in [0.3, 0.4) is 0 Å². The van der Waals surface area contributed by atoms with Gasteiger partial charge in [0.25, 0.3) is 0 Å². The highest BCUT2D eigenvalue weighted by atomic mass is 16.5. The molecular weight excluding hydrogens is 370 g/mol. The van der Waals surface area contributed by atoms with E-state index >= 15 is 0 Å². The molecular formula is C27H33NO2. The molecule has 0 aliphatic rings. The Hall–Kier alpha value is -2.81. The minimum atomic E-state index is 0.431. The lowest BCUT2D eigenvalue weighted by Gasteiger charge is -2.18. The van der Waals surface area contributed by atoms with Crippen LogP contribution in [-0.2, 0) is 19.4 Å². The van der Waals surface area contributed by atoms with Crippen molar-refractivity contribution in [1.82, 2.24) is 4.98 Å². The van der Waals surface area contributed by atoms with Crippen LogP contribution in [0, 0.1) is 27.7 Å². The van der Waals surface area contributed by atoms with Crippen molar-refractivity contribution < 1.29 is 9.47 Å². The van der Waals surface area contributed by atoms with E-state index < -0.39 is 0 Å². The van der Waals surface area contributed by atoms with Crippen LogP contribution in [0.15, 0.2) is 36.4 Å². The van der Waals surface area contributed by atoms with Gasteiger partial charge in [-0.1, -0.05) is 32.0 Å². The molecule has 0 saturated heterocycles. The summed E-state index contributed by atoms with van der Waals surface area (Å²) in [6.07, 6.45) is 1.95. The van der Waals surface area contributed by atoms with Gasteiger partial charge in [0.2, 0.25) is 0 Å². The van der Waals surface area contributed by atoms with Gasteiger partial charge in [-0.3, -0.25) is 4.98 Å². The largest absolute Gasteiger partial charge is 0.496 e. The third kappa shape index (κ3) is 4.35. The van der Waals surface area contributed by atoms with Gasteiger partial charge in [-0.25, -0.2) is 0 Å². The molecule has 0 atom stereocenters. The third-order valence-corrected chi connectivity index (χ3v) is 6.05. The first-order valence-corrected chi connectivity index (χ1v) is 10.8. The minimum absolute atomic E-state index is 0.431. The molecule has 1 heterocycles. The number of hydrogen-bond acceptors (Lipinski definition) is 3. The number of aromatic nitrogens is 1. The number of ether oxygens (including phenoxy) is 2. The fraction of sp³-hybridized carbons (Fsp3) is 0.370. The maximum atomic E-state index is 6.15. The third-order valence-electron chi connectivity index (χ3n) is 6.05. The summed E-state index contributed by atoms with van der Waals surface area (Å²) in [5, 5.41) is 0. The molecule has 0 aliphatic carbocycles. The zero-order valence-corrected chi connectivity index (χ0v) is 19.3. The van der Waals surface area contributed by atoms with Crippen molar-refractivity contribution in [2.45, 2.75) is 61.0 Å². The summed E-state index contributed by atoms with van der Waals surface area (Å²) in [5.41, 5.74) is 10.6. The van der Waals surface area contributed by atoms with Gasteiger partial charge in [0.15, 0.2) is 0 Å². The predicted molar refractivity (Wildman–Crippen MR) is 125 cm³/mol. The highest BCUT2D eigenvalue weighted by Crippen LogP contribution is 2.33. The summed E-state index contributed by atoms with van der Waals surface area (Å²) in [7, 11) is 1.72. The summed E-state index contributed by atoms with van der Waals surface area (Å²) in [5.74, 6) is 1.71. The molecule has 1 aromatic heterocycles. The molecule has 3 rings (SSSR count). The second-order valence-electron chi connectivity index (χ2n) is 7.90. The van der Waals surface area contributed by atoms with Crippen LogP contribution in [0.25, 0.3) is 11.3 Å². The average molecular weight is 404 g/mol. The number of rotatable bonds is 7. The fourth-order valence-electron chi connectivity index (χ4n) is 3.96. The average Bonchev–Trinajstić information content (AvgIpc) is 2.75. The standard InChI is InChI=1S/C27H33NO2/c1-8-21-11-10-12-22(9-2)27(21)25-15-26(29-7)24(20(6)28-25)16-30-23-13-17(3)19(5)18(4)14-23/h10-15H,8-9,16H2,1-7H3. The van der Waals surface area contributed by atoms with E-state index in [4.69, 9.17) is 14.5 Å². The molecule has 30 heavy (non-hydrogen) atoms. The fourth-order valence-corrected chi connectivity index (χ4v) is 3.96. The Morgan fingerprint density at radius 1 is 0.867 bits per heavy atom. The van der Waals surface area contributed by atoms with Crippen LogP contribution in [0.1, 0.15) is 52.9 Å². The molecule has 0 unspecified atom stereocenters. The Morgan fingerprint density at radius 2 is 1.47 bits per heavy atom. The van der Waals surface area contributed by atoms with E-state index in [1.165, 1.54) is 33.4 Å². The molecule has 3 nitrogen and oxygen atoms in total. The van der Waals surface area contributed by atoms with Crippen LogP contribution in [0.2, 0.25) is 0 Å². The topological polar surface area (TPSA) is 31.4 Å². The Bertz CT molecular complexity index is 1010. The molecule has 0 N–H and O–H groups in total. The Kier molecular flexibility index (Phi) is 6.81. The number of pyridine rings is 1. The number of nitrogens with zero attached hydrogens (tertiary/aromatic N) is 1. The summed E-state index contributed by atoms with van der Waals surface area (Å²) in [6.45, 7) is 13.2. The summed E-state index contributed by atoms with van der Waals surface area (Å²) < 4.78 is 11.9. The maximum absolute atomic E-state index is 6.15. The van der Waals surface area contributed by atoms with E-state index in [0.717, 1.165) is 41.3 Å². The molecule has 0 bridgehead atoms. The van der Waals surface area contributed by atoms with Gasteiger partial charge in [0, 0.05) is 17.3 Å². The van der Waals surface area contributed by atoms with Crippen molar-refractivity contribution in [1.29, 1.82) is 0 Å². The highest BCUT2D eigenvalue weighted by Gasteiger charge is 2.16. The van der Waals surface area contributed by atoms with E-state index in [2.05, 4.69) is 71.0 Å².